The maximum Gasteiger partial charge on any atom is 0.267 e. The summed E-state index contributed by atoms with van der Waals surface area (Å²) in [6, 6.07) is 10.6. The minimum Gasteiger partial charge on any atom is -0.339 e. The molecule has 8 heteroatoms. The third-order valence-corrected chi connectivity index (χ3v) is 7.08. The van der Waals surface area contributed by atoms with E-state index in [2.05, 4.69) is 10.2 Å². The van der Waals surface area contributed by atoms with Crippen molar-refractivity contribution in [1.29, 1.82) is 0 Å². The van der Waals surface area contributed by atoms with Crippen molar-refractivity contribution >= 4 is 52.4 Å². The van der Waals surface area contributed by atoms with Crippen LogP contribution < -0.4 is 10.2 Å². The predicted molar refractivity (Wildman–Crippen MR) is 116 cm³/mol. The molecule has 2 aromatic rings. The molecule has 1 N–H and O–H groups in total. The minimum absolute atomic E-state index is 0.0743. The van der Waals surface area contributed by atoms with Crippen LogP contribution in [0, 0.1) is 12.8 Å². The molecule has 0 saturated carbocycles. The van der Waals surface area contributed by atoms with Gasteiger partial charge in [0.25, 0.3) is 5.91 Å². The number of nitrogens with zero attached hydrogens (tertiary/aromatic N) is 3. The van der Waals surface area contributed by atoms with E-state index in [1.54, 1.807) is 18.2 Å². The first kappa shape index (κ1) is 18.2. The Bertz CT molecular complexity index is 1160. The number of rotatable bonds is 1. The molecule has 6 nitrogen and oxygen atoms in total. The first-order valence-electron chi connectivity index (χ1n) is 9.99. The Balaban J connectivity index is 1.62. The molecule has 2 aromatic carbocycles. The number of hydrogen-bond acceptors (Lipinski definition) is 5. The van der Waals surface area contributed by atoms with Crippen molar-refractivity contribution in [2.24, 2.45) is 10.9 Å². The number of aryl methyl sites for hydroxylation is 1. The largest absolute Gasteiger partial charge is 0.339 e. The number of nitrogens with one attached hydrogen (secondary N) is 1. The number of amides is 2. The Morgan fingerprint density at radius 2 is 1.90 bits per heavy atom. The summed E-state index contributed by atoms with van der Waals surface area (Å²) in [4.78, 5) is 36.1. The van der Waals surface area contributed by atoms with Gasteiger partial charge in [-0.15, -0.1) is 0 Å². The van der Waals surface area contributed by atoms with Crippen LogP contribution in [0.3, 0.4) is 0 Å². The van der Waals surface area contributed by atoms with Crippen LogP contribution in [0.1, 0.15) is 24.0 Å². The van der Waals surface area contributed by atoms with Gasteiger partial charge >= 0.3 is 0 Å². The molecule has 4 aliphatic heterocycles. The molecule has 2 fully saturated rings. The highest BCUT2D eigenvalue weighted by atomic mass is 35.5. The molecule has 3 unspecified atom stereocenters. The number of hydrogen-bond donors (Lipinski definition) is 1. The molecule has 6 rings (SSSR count). The van der Waals surface area contributed by atoms with Gasteiger partial charge in [-0.2, -0.15) is 0 Å². The summed E-state index contributed by atoms with van der Waals surface area (Å²) in [5.74, 6) is -0.491. The molecule has 2 saturated heterocycles. The van der Waals surface area contributed by atoms with Gasteiger partial charge in [0.15, 0.2) is 11.5 Å². The molecule has 4 aliphatic rings. The van der Waals surface area contributed by atoms with Crippen LogP contribution >= 0.6 is 23.2 Å². The van der Waals surface area contributed by atoms with Gasteiger partial charge in [0, 0.05) is 33.9 Å². The van der Waals surface area contributed by atoms with Gasteiger partial charge in [-0.05, 0) is 44.0 Å². The van der Waals surface area contributed by atoms with E-state index in [9.17, 15) is 9.59 Å². The lowest BCUT2D eigenvalue weighted by molar-refractivity contribution is -0.123. The zero-order valence-electron chi connectivity index (χ0n) is 16.2. The molecule has 2 amide bonds. The molecule has 0 aromatic heterocycles. The molecule has 30 heavy (non-hydrogen) atoms. The molecule has 0 aliphatic carbocycles. The number of carbonyl (C=O) groups is 2. The molecule has 4 heterocycles. The summed E-state index contributed by atoms with van der Waals surface area (Å²) in [6.07, 6.45) is 1.80. The highest BCUT2D eigenvalue weighted by Gasteiger charge is 2.68. The van der Waals surface area contributed by atoms with E-state index in [-0.39, 0.29) is 17.9 Å². The second-order valence-corrected chi connectivity index (χ2v) is 9.24. The smallest absolute Gasteiger partial charge is 0.267 e. The Morgan fingerprint density at radius 3 is 2.67 bits per heavy atom. The lowest BCUT2D eigenvalue weighted by atomic mass is 9.72. The fourth-order valence-corrected chi connectivity index (χ4v) is 5.99. The molecular formula is C22H18Cl2N4O2. The van der Waals surface area contributed by atoms with Gasteiger partial charge in [-0.3, -0.25) is 9.59 Å². The number of anilines is 2. The van der Waals surface area contributed by atoms with E-state index in [1.165, 1.54) is 4.90 Å². The first-order valence-corrected chi connectivity index (χ1v) is 10.7. The highest BCUT2D eigenvalue weighted by molar-refractivity contribution is 6.36. The maximum atomic E-state index is 14.0. The van der Waals surface area contributed by atoms with Crippen molar-refractivity contribution in [3.8, 4) is 0 Å². The quantitative estimate of drug-likeness (QED) is 0.681. The van der Waals surface area contributed by atoms with E-state index >= 15 is 0 Å². The van der Waals surface area contributed by atoms with Crippen molar-refractivity contribution < 1.29 is 9.59 Å². The molecule has 2 bridgehead atoms. The van der Waals surface area contributed by atoms with Gasteiger partial charge < -0.3 is 10.2 Å². The van der Waals surface area contributed by atoms with Crippen molar-refractivity contribution in [2.45, 2.75) is 31.3 Å². The van der Waals surface area contributed by atoms with Crippen LogP contribution in [0.4, 0.5) is 11.4 Å². The van der Waals surface area contributed by atoms with Crippen LogP contribution in [0.2, 0.25) is 10.0 Å². The standard InChI is InChI=1S/C22H18Cl2N4O2/c1-11-4-5-16-15(7-11)22-18(17-3-2-6-27(17)21(25-16)26-22)19(29)28(20(22)30)14-9-12(23)8-13(24)10-14/h4-5,7-10,17-18H,2-3,6H2,1H3,(H,25,26). The van der Waals surface area contributed by atoms with Crippen LogP contribution in [0.5, 0.6) is 0 Å². The summed E-state index contributed by atoms with van der Waals surface area (Å²) < 4.78 is 0. The van der Waals surface area contributed by atoms with Gasteiger partial charge in [0.05, 0.1) is 11.6 Å². The SMILES string of the molecule is Cc1ccc2c(c1)C13N=C(N2)N2CCCC2C1C(=O)N(c1cc(Cl)cc(Cl)c1)C3=O. The van der Waals surface area contributed by atoms with E-state index < -0.39 is 11.5 Å². The maximum absolute atomic E-state index is 14.0. The van der Waals surface area contributed by atoms with Crippen LogP contribution in [-0.2, 0) is 15.1 Å². The molecule has 3 atom stereocenters. The number of benzene rings is 2. The first-order chi connectivity index (χ1) is 14.4. The fourth-order valence-electron chi connectivity index (χ4n) is 5.47. The van der Waals surface area contributed by atoms with Crippen molar-refractivity contribution in [1.82, 2.24) is 4.90 Å². The number of imide groups is 1. The highest BCUT2D eigenvalue weighted by Crippen LogP contribution is 2.55. The van der Waals surface area contributed by atoms with Crippen LogP contribution in [0.25, 0.3) is 0 Å². The monoisotopic (exact) mass is 440 g/mol. The summed E-state index contributed by atoms with van der Waals surface area (Å²) in [7, 11) is 0. The average molecular weight is 441 g/mol. The van der Waals surface area contributed by atoms with E-state index in [4.69, 9.17) is 28.2 Å². The molecular weight excluding hydrogens is 423 g/mol. The number of halogens is 2. The summed E-state index contributed by atoms with van der Waals surface area (Å²) in [6.45, 7) is 2.79. The average Bonchev–Trinajstić information content (AvgIpc) is 3.24. The Hall–Kier alpha value is -2.57. The fraction of sp³-hybridized carbons (Fsp3) is 0.318. The van der Waals surface area contributed by atoms with E-state index in [0.717, 1.165) is 36.2 Å². The summed E-state index contributed by atoms with van der Waals surface area (Å²) in [5, 5.41) is 4.14. The zero-order chi connectivity index (χ0) is 20.8. The number of fused-ring (bicyclic) bond motifs is 4. The predicted octanol–water partition coefficient (Wildman–Crippen LogP) is 3.95. The Kier molecular flexibility index (Phi) is 3.64. The molecule has 1 spiro atoms. The Morgan fingerprint density at radius 1 is 1.13 bits per heavy atom. The lowest BCUT2D eigenvalue weighted by Gasteiger charge is -2.46. The third-order valence-electron chi connectivity index (χ3n) is 6.64. The summed E-state index contributed by atoms with van der Waals surface area (Å²) in [5.41, 5.74) is 1.73. The zero-order valence-corrected chi connectivity index (χ0v) is 17.7. The summed E-state index contributed by atoms with van der Waals surface area (Å²) >= 11 is 12.4. The molecule has 0 radical (unpaired) electrons. The number of carbonyl (C=O) groups excluding carboxylic acids is 2. The van der Waals surface area contributed by atoms with E-state index in [0.29, 0.717) is 21.7 Å². The minimum atomic E-state index is -1.26. The third kappa shape index (κ3) is 2.18. The van der Waals surface area contributed by atoms with Crippen LogP contribution in [-0.4, -0.2) is 35.3 Å². The van der Waals surface area contributed by atoms with E-state index in [1.807, 2.05) is 25.1 Å². The number of guanidine groups is 1. The van der Waals surface area contributed by atoms with Gasteiger partial charge in [0.1, 0.15) is 0 Å². The van der Waals surface area contributed by atoms with Crippen molar-refractivity contribution in [3.63, 3.8) is 0 Å². The van der Waals surface area contributed by atoms with Crippen molar-refractivity contribution in [2.75, 3.05) is 16.8 Å². The second kappa shape index (κ2) is 5.99. The Labute approximate surface area is 183 Å². The van der Waals surface area contributed by atoms with Gasteiger partial charge in [-0.25, -0.2) is 9.89 Å². The lowest BCUT2D eigenvalue weighted by Crippen LogP contribution is -2.59. The van der Waals surface area contributed by atoms with Gasteiger partial charge in [-0.1, -0.05) is 40.9 Å². The molecule has 152 valence electrons. The topological polar surface area (TPSA) is 65.0 Å². The van der Waals surface area contributed by atoms with Crippen molar-refractivity contribution in [3.05, 3.63) is 57.6 Å². The second-order valence-electron chi connectivity index (χ2n) is 8.36. The normalized spacial score (nSPS) is 28.7. The van der Waals surface area contributed by atoms with Crippen LogP contribution in [0.15, 0.2) is 41.4 Å². The van der Waals surface area contributed by atoms with Gasteiger partial charge in [0.2, 0.25) is 5.91 Å². The number of aliphatic imine (C=N–C) groups is 1.